The van der Waals surface area contributed by atoms with Crippen molar-refractivity contribution in [1.82, 2.24) is 0 Å². The van der Waals surface area contributed by atoms with E-state index in [0.717, 1.165) is 16.6 Å². The van der Waals surface area contributed by atoms with Crippen molar-refractivity contribution in [2.75, 3.05) is 0 Å². The summed E-state index contributed by atoms with van der Waals surface area (Å²) in [7, 11) is 0. The van der Waals surface area contributed by atoms with Gasteiger partial charge in [0.1, 0.15) is 0 Å². The van der Waals surface area contributed by atoms with Crippen LogP contribution < -0.4 is 0 Å². The second-order valence-corrected chi connectivity index (χ2v) is 7.03. The predicted octanol–water partition coefficient (Wildman–Crippen LogP) is 5.18. The lowest BCUT2D eigenvalue weighted by Crippen LogP contribution is -1.93. The number of benzene rings is 1. The van der Waals surface area contributed by atoms with E-state index in [2.05, 4.69) is 47.1 Å². The Morgan fingerprint density at radius 3 is 2.78 bits per heavy atom. The van der Waals surface area contributed by atoms with Crippen LogP contribution in [0.3, 0.4) is 0 Å². The molecule has 0 aliphatic carbocycles. The first-order valence-electron chi connectivity index (χ1n) is 5.74. The van der Waals surface area contributed by atoms with Gasteiger partial charge in [-0.3, -0.25) is 0 Å². The summed E-state index contributed by atoms with van der Waals surface area (Å²) in [4.78, 5) is 2.44. The lowest BCUT2D eigenvalue weighted by Gasteiger charge is -2.10. The van der Waals surface area contributed by atoms with E-state index in [4.69, 9.17) is 16.3 Å². The average Bonchev–Trinajstić information content (AvgIpc) is 2.93. The maximum Gasteiger partial charge on any atom is 0.0939 e. The van der Waals surface area contributed by atoms with Crippen LogP contribution in [0.1, 0.15) is 31.8 Å². The predicted molar refractivity (Wildman–Crippen MR) is 79.4 cm³/mol. The summed E-state index contributed by atoms with van der Waals surface area (Å²) in [6.45, 7) is 3.53. The highest BCUT2D eigenvalue weighted by molar-refractivity contribution is 9.10. The number of hydrogen-bond donors (Lipinski definition) is 0. The second kappa shape index (κ2) is 4.97. The molecule has 1 aliphatic rings. The highest BCUT2D eigenvalue weighted by atomic mass is 79.9. The standard InChI is InChI=1S/C14H12BrClOS/c1-8-4-12(15)14(18-8)13(16)9-2-3-10-6-17-7-11(10)5-9/h2-5,13H,6-7H2,1H3. The van der Waals surface area contributed by atoms with Gasteiger partial charge in [0.2, 0.25) is 0 Å². The quantitative estimate of drug-likeness (QED) is 0.683. The smallest absolute Gasteiger partial charge is 0.0939 e. The normalized spacial score (nSPS) is 15.7. The van der Waals surface area contributed by atoms with Crippen LogP contribution in [0.15, 0.2) is 28.7 Å². The van der Waals surface area contributed by atoms with Crippen molar-refractivity contribution >= 4 is 38.9 Å². The molecule has 0 amide bonds. The molecule has 2 aromatic rings. The average molecular weight is 344 g/mol. The molecule has 0 bridgehead atoms. The fraction of sp³-hybridized carbons (Fsp3) is 0.286. The van der Waals surface area contributed by atoms with Gasteiger partial charge in [-0.1, -0.05) is 18.2 Å². The first-order chi connectivity index (χ1) is 8.65. The molecular weight excluding hydrogens is 332 g/mol. The highest BCUT2D eigenvalue weighted by Gasteiger charge is 2.19. The number of thiophene rings is 1. The molecule has 3 rings (SSSR count). The third kappa shape index (κ3) is 2.25. The number of halogens is 2. The van der Waals surface area contributed by atoms with Crippen LogP contribution in [-0.4, -0.2) is 0 Å². The van der Waals surface area contributed by atoms with E-state index < -0.39 is 0 Å². The molecule has 4 heteroatoms. The Balaban J connectivity index is 1.97. The molecule has 2 heterocycles. The number of rotatable bonds is 2. The molecule has 18 heavy (non-hydrogen) atoms. The SMILES string of the molecule is Cc1cc(Br)c(C(Cl)c2ccc3c(c2)COC3)s1. The largest absolute Gasteiger partial charge is 0.372 e. The molecule has 1 aromatic heterocycles. The zero-order chi connectivity index (χ0) is 12.7. The molecule has 1 aliphatic heterocycles. The van der Waals surface area contributed by atoms with Gasteiger partial charge >= 0.3 is 0 Å². The Kier molecular flexibility index (Phi) is 3.50. The van der Waals surface area contributed by atoms with Gasteiger partial charge < -0.3 is 4.74 Å². The second-order valence-electron chi connectivity index (χ2n) is 4.45. The molecule has 1 nitrogen and oxygen atoms in total. The van der Waals surface area contributed by atoms with Gasteiger partial charge in [0, 0.05) is 14.2 Å². The maximum atomic E-state index is 6.59. The van der Waals surface area contributed by atoms with Gasteiger partial charge in [-0.15, -0.1) is 22.9 Å². The van der Waals surface area contributed by atoms with E-state index in [1.165, 1.54) is 20.9 Å². The fourth-order valence-electron chi connectivity index (χ4n) is 2.18. The molecule has 0 N–H and O–H groups in total. The van der Waals surface area contributed by atoms with Gasteiger partial charge in [0.15, 0.2) is 0 Å². The first kappa shape index (κ1) is 12.7. The zero-order valence-corrected chi connectivity index (χ0v) is 13.0. The van der Waals surface area contributed by atoms with Crippen LogP contribution in [0, 0.1) is 6.92 Å². The summed E-state index contributed by atoms with van der Waals surface area (Å²) in [6.07, 6.45) is 0. The monoisotopic (exact) mass is 342 g/mol. The maximum absolute atomic E-state index is 6.59. The lowest BCUT2D eigenvalue weighted by molar-refractivity contribution is 0.134. The van der Waals surface area contributed by atoms with Gasteiger partial charge in [-0.05, 0) is 45.6 Å². The van der Waals surface area contributed by atoms with E-state index in [-0.39, 0.29) is 5.38 Å². The van der Waals surface area contributed by atoms with E-state index in [0.29, 0.717) is 6.61 Å². The highest BCUT2D eigenvalue weighted by Crippen LogP contribution is 2.40. The fourth-order valence-corrected chi connectivity index (χ4v) is 4.58. The van der Waals surface area contributed by atoms with Crippen molar-refractivity contribution in [3.63, 3.8) is 0 Å². The van der Waals surface area contributed by atoms with Crippen molar-refractivity contribution in [2.45, 2.75) is 25.5 Å². The minimum Gasteiger partial charge on any atom is -0.372 e. The third-order valence-corrected chi connectivity index (χ3v) is 5.74. The Labute approximate surface area is 124 Å². The number of fused-ring (bicyclic) bond motifs is 1. The van der Waals surface area contributed by atoms with Crippen LogP contribution >= 0.6 is 38.9 Å². The van der Waals surface area contributed by atoms with Crippen molar-refractivity contribution in [3.05, 3.63) is 55.2 Å². The molecule has 1 unspecified atom stereocenters. The van der Waals surface area contributed by atoms with Crippen molar-refractivity contribution in [1.29, 1.82) is 0 Å². The van der Waals surface area contributed by atoms with Gasteiger partial charge in [-0.2, -0.15) is 0 Å². The molecule has 1 aromatic carbocycles. The van der Waals surface area contributed by atoms with Crippen molar-refractivity contribution in [3.8, 4) is 0 Å². The summed E-state index contributed by atoms with van der Waals surface area (Å²) in [5.74, 6) is 0. The van der Waals surface area contributed by atoms with Crippen molar-refractivity contribution in [2.24, 2.45) is 0 Å². The number of alkyl halides is 1. The summed E-state index contributed by atoms with van der Waals surface area (Å²) in [5.41, 5.74) is 3.69. The summed E-state index contributed by atoms with van der Waals surface area (Å²) >= 11 is 11.9. The summed E-state index contributed by atoms with van der Waals surface area (Å²) in [5, 5.41) is -0.0935. The molecule has 94 valence electrons. The molecule has 0 radical (unpaired) electrons. The van der Waals surface area contributed by atoms with Crippen molar-refractivity contribution < 1.29 is 4.74 Å². The Bertz CT molecular complexity index is 593. The van der Waals surface area contributed by atoms with Crippen LogP contribution in [0.5, 0.6) is 0 Å². The molecule has 0 saturated carbocycles. The Morgan fingerprint density at radius 1 is 1.28 bits per heavy atom. The minimum absolute atomic E-state index is 0.0935. The zero-order valence-electron chi connectivity index (χ0n) is 9.87. The summed E-state index contributed by atoms with van der Waals surface area (Å²) in [6, 6.07) is 8.52. The van der Waals surface area contributed by atoms with Crippen LogP contribution in [0.4, 0.5) is 0 Å². The van der Waals surface area contributed by atoms with Crippen LogP contribution in [-0.2, 0) is 18.0 Å². The Morgan fingerprint density at radius 2 is 2.06 bits per heavy atom. The van der Waals surface area contributed by atoms with Crippen LogP contribution in [0.25, 0.3) is 0 Å². The van der Waals surface area contributed by atoms with E-state index in [9.17, 15) is 0 Å². The van der Waals surface area contributed by atoms with Gasteiger partial charge in [0.25, 0.3) is 0 Å². The minimum atomic E-state index is -0.0935. The molecule has 0 fully saturated rings. The molecule has 0 saturated heterocycles. The van der Waals surface area contributed by atoms with E-state index >= 15 is 0 Å². The van der Waals surface area contributed by atoms with E-state index in [1.807, 2.05) is 0 Å². The van der Waals surface area contributed by atoms with Crippen LogP contribution in [0.2, 0.25) is 0 Å². The Hall–Kier alpha value is -0.350. The number of ether oxygens (including phenoxy) is 1. The molecule has 1 atom stereocenters. The molecular formula is C14H12BrClOS. The lowest BCUT2D eigenvalue weighted by atomic mass is 10.0. The first-order valence-corrected chi connectivity index (χ1v) is 7.79. The van der Waals surface area contributed by atoms with Gasteiger partial charge in [0.05, 0.1) is 18.6 Å². The number of hydrogen-bond acceptors (Lipinski definition) is 2. The van der Waals surface area contributed by atoms with E-state index in [1.54, 1.807) is 11.3 Å². The topological polar surface area (TPSA) is 9.23 Å². The number of aryl methyl sites for hydroxylation is 1. The molecule has 0 spiro atoms. The summed E-state index contributed by atoms with van der Waals surface area (Å²) < 4.78 is 6.53. The third-order valence-electron chi connectivity index (χ3n) is 3.10. The van der Waals surface area contributed by atoms with Gasteiger partial charge in [-0.25, -0.2) is 0 Å².